The molecule has 2 aromatic heterocycles. The summed E-state index contributed by atoms with van der Waals surface area (Å²) in [6.45, 7) is 7.75. The van der Waals surface area contributed by atoms with Gasteiger partial charge in [-0.3, -0.25) is 0 Å². The second-order valence-electron chi connectivity index (χ2n) is 7.83. The van der Waals surface area contributed by atoms with Gasteiger partial charge in [0.05, 0.1) is 6.61 Å². The average Bonchev–Trinajstić information content (AvgIpc) is 2.84. The number of pyridine rings is 1. The standard InChI is InChI=1S/C24H38N6O3/c1-4-19-9-10-20(28-23(19)25-3)8-6-7-14-30(16-17-33-5-2)15-12-21(24(31)32)29-22-11-13-26-18-27-22/h9-11,13,18,21H,4-8,12,14-17H2,1-3H3,(H,25,28)(H,31,32)(H,26,27,29). The van der Waals surface area contributed by atoms with Crippen LogP contribution in [0.1, 0.15) is 44.4 Å². The summed E-state index contributed by atoms with van der Waals surface area (Å²) >= 11 is 0. The molecule has 0 saturated heterocycles. The average molecular weight is 459 g/mol. The van der Waals surface area contributed by atoms with Crippen LogP contribution in [0.4, 0.5) is 11.6 Å². The Hall–Kier alpha value is -2.78. The summed E-state index contributed by atoms with van der Waals surface area (Å²) in [5, 5.41) is 15.8. The Bertz CT molecular complexity index is 821. The van der Waals surface area contributed by atoms with Crippen LogP contribution in [-0.2, 0) is 22.4 Å². The third-order valence-corrected chi connectivity index (χ3v) is 5.50. The highest BCUT2D eigenvalue weighted by Gasteiger charge is 2.19. The first-order valence-corrected chi connectivity index (χ1v) is 11.8. The Kier molecular flexibility index (Phi) is 12.1. The minimum atomic E-state index is -0.889. The van der Waals surface area contributed by atoms with E-state index in [1.165, 1.54) is 11.9 Å². The van der Waals surface area contributed by atoms with Gasteiger partial charge in [0.2, 0.25) is 0 Å². The van der Waals surface area contributed by atoms with Gasteiger partial charge in [-0.25, -0.2) is 19.7 Å². The molecule has 0 aliphatic heterocycles. The van der Waals surface area contributed by atoms with Crippen molar-refractivity contribution in [3.8, 4) is 0 Å². The van der Waals surface area contributed by atoms with Crippen molar-refractivity contribution < 1.29 is 14.6 Å². The second kappa shape index (κ2) is 15.1. The molecule has 0 radical (unpaired) electrons. The monoisotopic (exact) mass is 458 g/mol. The predicted octanol–water partition coefficient (Wildman–Crippen LogP) is 3.09. The van der Waals surface area contributed by atoms with Gasteiger partial charge in [-0.1, -0.05) is 13.0 Å². The number of carboxylic acid groups (broad SMARTS) is 1. The Balaban J connectivity index is 1.85. The van der Waals surface area contributed by atoms with E-state index in [-0.39, 0.29) is 0 Å². The van der Waals surface area contributed by atoms with Crippen LogP contribution in [0.2, 0.25) is 0 Å². The van der Waals surface area contributed by atoms with Crippen LogP contribution in [-0.4, -0.2) is 76.9 Å². The summed E-state index contributed by atoms with van der Waals surface area (Å²) in [7, 11) is 1.91. The van der Waals surface area contributed by atoms with E-state index in [1.807, 2.05) is 14.0 Å². The molecule has 9 heteroatoms. The third kappa shape index (κ3) is 9.71. The highest BCUT2D eigenvalue weighted by Crippen LogP contribution is 2.15. The molecule has 0 aliphatic carbocycles. The van der Waals surface area contributed by atoms with Crippen molar-refractivity contribution in [1.82, 2.24) is 19.9 Å². The van der Waals surface area contributed by atoms with E-state index in [2.05, 4.69) is 44.6 Å². The number of hydrogen-bond donors (Lipinski definition) is 3. The molecule has 2 heterocycles. The summed E-state index contributed by atoms with van der Waals surface area (Å²) in [5.41, 5.74) is 2.32. The van der Waals surface area contributed by atoms with Crippen LogP contribution in [0.3, 0.4) is 0 Å². The molecule has 2 rings (SSSR count). The first kappa shape index (κ1) is 26.5. The smallest absolute Gasteiger partial charge is 0.326 e. The van der Waals surface area contributed by atoms with Crippen LogP contribution < -0.4 is 10.6 Å². The van der Waals surface area contributed by atoms with Crippen molar-refractivity contribution in [2.24, 2.45) is 0 Å². The fraction of sp³-hybridized carbons (Fsp3) is 0.583. The lowest BCUT2D eigenvalue weighted by Gasteiger charge is -2.24. The number of nitrogens with one attached hydrogen (secondary N) is 2. The molecular formula is C24H38N6O3. The number of anilines is 2. The second-order valence-corrected chi connectivity index (χ2v) is 7.83. The molecular weight excluding hydrogens is 420 g/mol. The molecule has 0 bridgehead atoms. The number of aliphatic carboxylic acids is 1. The first-order valence-electron chi connectivity index (χ1n) is 11.8. The van der Waals surface area contributed by atoms with Gasteiger partial charge >= 0.3 is 5.97 Å². The van der Waals surface area contributed by atoms with Gasteiger partial charge in [-0.05, 0) is 63.3 Å². The largest absolute Gasteiger partial charge is 0.480 e. The molecule has 0 spiro atoms. The Morgan fingerprint density at radius 1 is 1.18 bits per heavy atom. The number of carboxylic acids is 1. The van der Waals surface area contributed by atoms with E-state index in [9.17, 15) is 9.90 Å². The maximum Gasteiger partial charge on any atom is 0.326 e. The van der Waals surface area contributed by atoms with E-state index < -0.39 is 12.0 Å². The van der Waals surface area contributed by atoms with Gasteiger partial charge < -0.3 is 25.4 Å². The Morgan fingerprint density at radius 3 is 2.70 bits per heavy atom. The summed E-state index contributed by atoms with van der Waals surface area (Å²) < 4.78 is 5.53. The Labute approximate surface area is 197 Å². The lowest BCUT2D eigenvalue weighted by atomic mass is 10.1. The number of carbonyl (C=O) groups is 1. The fourth-order valence-corrected chi connectivity index (χ4v) is 3.61. The molecule has 0 aromatic carbocycles. The number of aryl methyl sites for hydroxylation is 2. The molecule has 9 nitrogen and oxygen atoms in total. The number of unbranched alkanes of at least 4 members (excludes halogenated alkanes) is 1. The van der Waals surface area contributed by atoms with E-state index in [1.54, 1.807) is 12.3 Å². The topological polar surface area (TPSA) is 113 Å². The Morgan fingerprint density at radius 2 is 2.03 bits per heavy atom. The van der Waals surface area contributed by atoms with Gasteiger partial charge in [0, 0.05) is 38.6 Å². The van der Waals surface area contributed by atoms with Crippen molar-refractivity contribution in [2.75, 3.05) is 50.5 Å². The van der Waals surface area contributed by atoms with Crippen molar-refractivity contribution >= 4 is 17.6 Å². The lowest BCUT2D eigenvalue weighted by Crippen LogP contribution is -2.37. The maximum atomic E-state index is 11.7. The SMILES string of the molecule is CCOCCN(CCCCc1ccc(CC)c(NC)n1)CCC(Nc1ccncn1)C(=O)O. The number of aromatic nitrogens is 3. The normalized spacial score (nSPS) is 12.0. The quantitative estimate of drug-likeness (QED) is 0.308. The molecule has 0 amide bonds. The predicted molar refractivity (Wildman–Crippen MR) is 131 cm³/mol. The van der Waals surface area contributed by atoms with Gasteiger partial charge in [-0.15, -0.1) is 0 Å². The first-order chi connectivity index (χ1) is 16.1. The molecule has 1 atom stereocenters. The van der Waals surface area contributed by atoms with E-state index in [0.29, 0.717) is 32.0 Å². The third-order valence-electron chi connectivity index (χ3n) is 5.50. The maximum absolute atomic E-state index is 11.7. The zero-order valence-electron chi connectivity index (χ0n) is 20.1. The van der Waals surface area contributed by atoms with Gasteiger partial charge in [0.25, 0.3) is 0 Å². The molecule has 2 aromatic rings. The summed E-state index contributed by atoms with van der Waals surface area (Å²) in [6, 6.07) is 5.22. The summed E-state index contributed by atoms with van der Waals surface area (Å²) in [4.78, 5) is 26.7. The van der Waals surface area contributed by atoms with Crippen LogP contribution in [0.15, 0.2) is 30.7 Å². The number of hydrogen-bond acceptors (Lipinski definition) is 8. The minimum absolute atomic E-state index is 0.469. The molecule has 0 fully saturated rings. The highest BCUT2D eigenvalue weighted by atomic mass is 16.5. The number of rotatable bonds is 17. The summed E-state index contributed by atoms with van der Waals surface area (Å²) in [6.07, 6.45) is 7.37. The van der Waals surface area contributed by atoms with Crippen LogP contribution >= 0.6 is 0 Å². The lowest BCUT2D eigenvalue weighted by molar-refractivity contribution is -0.138. The van der Waals surface area contributed by atoms with Gasteiger partial charge in [0.1, 0.15) is 24.0 Å². The van der Waals surface area contributed by atoms with E-state index in [0.717, 1.165) is 50.3 Å². The molecule has 182 valence electrons. The molecule has 0 saturated carbocycles. The van der Waals surface area contributed by atoms with Gasteiger partial charge in [0.15, 0.2) is 0 Å². The zero-order valence-corrected chi connectivity index (χ0v) is 20.1. The van der Waals surface area contributed by atoms with Crippen molar-refractivity contribution in [3.63, 3.8) is 0 Å². The fourth-order valence-electron chi connectivity index (χ4n) is 3.61. The number of nitrogens with zero attached hydrogens (tertiary/aromatic N) is 4. The van der Waals surface area contributed by atoms with Crippen molar-refractivity contribution in [3.05, 3.63) is 42.0 Å². The van der Waals surface area contributed by atoms with Crippen LogP contribution in [0, 0.1) is 0 Å². The number of ether oxygens (including phenoxy) is 1. The molecule has 1 unspecified atom stereocenters. The molecule has 33 heavy (non-hydrogen) atoms. The van der Waals surface area contributed by atoms with Gasteiger partial charge in [-0.2, -0.15) is 0 Å². The van der Waals surface area contributed by atoms with E-state index in [4.69, 9.17) is 9.72 Å². The molecule has 0 aliphatic rings. The van der Waals surface area contributed by atoms with Crippen molar-refractivity contribution in [2.45, 2.75) is 52.0 Å². The zero-order chi connectivity index (χ0) is 23.9. The van der Waals surface area contributed by atoms with Crippen LogP contribution in [0.5, 0.6) is 0 Å². The molecule has 3 N–H and O–H groups in total. The van der Waals surface area contributed by atoms with Crippen LogP contribution in [0.25, 0.3) is 0 Å². The minimum Gasteiger partial charge on any atom is -0.480 e. The van der Waals surface area contributed by atoms with Crippen molar-refractivity contribution in [1.29, 1.82) is 0 Å². The summed E-state index contributed by atoms with van der Waals surface area (Å²) in [5.74, 6) is 0.588. The van der Waals surface area contributed by atoms with E-state index >= 15 is 0 Å². The highest BCUT2D eigenvalue weighted by molar-refractivity contribution is 5.76.